The highest BCUT2D eigenvalue weighted by molar-refractivity contribution is 7.99. The zero-order chi connectivity index (χ0) is 18.4. The Morgan fingerprint density at radius 3 is 2.65 bits per heavy atom. The van der Waals surface area contributed by atoms with Gasteiger partial charge in [-0.15, -0.1) is 11.8 Å². The van der Waals surface area contributed by atoms with E-state index in [0.717, 1.165) is 30.7 Å². The summed E-state index contributed by atoms with van der Waals surface area (Å²) in [7, 11) is 0. The standard InChI is InChI=1S/C21H26N2O2S/c1-16(2)26-20-7-5-17(6-8-20)14-21(24)23-13-3-4-19(15-23)25-18-9-11-22-12-10-18/h5-12,16,19H,3-4,13-15H2,1-2H3/t19-/m1/s1. The van der Waals surface area contributed by atoms with Gasteiger partial charge < -0.3 is 9.64 Å². The average Bonchev–Trinajstić information content (AvgIpc) is 2.64. The van der Waals surface area contributed by atoms with Crippen molar-refractivity contribution in [1.82, 2.24) is 9.88 Å². The average molecular weight is 371 g/mol. The third-order valence-electron chi connectivity index (χ3n) is 4.33. The Labute approximate surface area is 160 Å². The SMILES string of the molecule is CC(C)Sc1ccc(CC(=O)N2CCC[C@@H](Oc3ccncc3)C2)cc1. The summed E-state index contributed by atoms with van der Waals surface area (Å²) in [6, 6.07) is 12.1. The summed E-state index contributed by atoms with van der Waals surface area (Å²) in [6.45, 7) is 5.84. The molecule has 0 spiro atoms. The number of carbonyl (C=O) groups is 1. The first-order valence-corrected chi connectivity index (χ1v) is 10.1. The number of benzene rings is 1. The number of pyridine rings is 1. The van der Waals surface area contributed by atoms with Crippen molar-refractivity contribution in [3.8, 4) is 5.75 Å². The van der Waals surface area contributed by atoms with Gasteiger partial charge >= 0.3 is 0 Å². The van der Waals surface area contributed by atoms with Crippen LogP contribution in [0.4, 0.5) is 0 Å². The van der Waals surface area contributed by atoms with Gasteiger partial charge in [0.05, 0.1) is 13.0 Å². The lowest BCUT2D eigenvalue weighted by molar-refractivity contribution is -0.133. The number of rotatable bonds is 6. The van der Waals surface area contributed by atoms with Gasteiger partial charge in [0.1, 0.15) is 11.9 Å². The quantitative estimate of drug-likeness (QED) is 0.715. The van der Waals surface area contributed by atoms with Gasteiger partial charge in [-0.2, -0.15) is 0 Å². The first-order chi connectivity index (χ1) is 12.6. The van der Waals surface area contributed by atoms with E-state index in [1.54, 1.807) is 12.4 Å². The molecule has 2 aromatic rings. The topological polar surface area (TPSA) is 42.4 Å². The summed E-state index contributed by atoms with van der Waals surface area (Å²) in [6.07, 6.45) is 5.91. The van der Waals surface area contributed by atoms with Gasteiger partial charge in [-0.1, -0.05) is 26.0 Å². The molecule has 138 valence electrons. The highest BCUT2D eigenvalue weighted by atomic mass is 32.2. The molecular formula is C21H26N2O2S. The van der Waals surface area contributed by atoms with Crippen molar-refractivity contribution in [1.29, 1.82) is 0 Å². The molecule has 0 radical (unpaired) electrons. The molecule has 0 bridgehead atoms. The zero-order valence-electron chi connectivity index (χ0n) is 15.4. The fourth-order valence-corrected chi connectivity index (χ4v) is 3.95. The molecule has 3 rings (SSSR count). The molecular weight excluding hydrogens is 344 g/mol. The smallest absolute Gasteiger partial charge is 0.227 e. The van der Waals surface area contributed by atoms with E-state index in [9.17, 15) is 4.79 Å². The molecule has 5 heteroatoms. The molecule has 1 saturated heterocycles. The molecule has 4 nitrogen and oxygen atoms in total. The van der Waals surface area contributed by atoms with Crippen molar-refractivity contribution in [2.24, 2.45) is 0 Å². The second kappa shape index (κ2) is 9.08. The molecule has 0 N–H and O–H groups in total. The number of hydrogen-bond acceptors (Lipinski definition) is 4. The molecule has 1 aliphatic rings. The van der Waals surface area contributed by atoms with Crippen molar-refractivity contribution >= 4 is 17.7 Å². The number of likely N-dealkylation sites (tertiary alicyclic amines) is 1. The van der Waals surface area contributed by atoms with Crippen LogP contribution < -0.4 is 4.74 Å². The number of piperidine rings is 1. The zero-order valence-corrected chi connectivity index (χ0v) is 16.2. The van der Waals surface area contributed by atoms with Crippen LogP contribution in [0.5, 0.6) is 5.75 Å². The van der Waals surface area contributed by atoms with E-state index in [0.29, 0.717) is 18.2 Å². The molecule has 0 aliphatic carbocycles. The monoisotopic (exact) mass is 370 g/mol. The summed E-state index contributed by atoms with van der Waals surface area (Å²) in [4.78, 5) is 19.9. The van der Waals surface area contributed by atoms with Crippen molar-refractivity contribution in [2.45, 2.75) is 49.4 Å². The highest BCUT2D eigenvalue weighted by Crippen LogP contribution is 2.23. The van der Waals surface area contributed by atoms with Crippen molar-refractivity contribution in [3.05, 3.63) is 54.4 Å². The number of ether oxygens (including phenoxy) is 1. The van der Waals surface area contributed by atoms with E-state index < -0.39 is 0 Å². The van der Waals surface area contributed by atoms with Crippen molar-refractivity contribution in [3.63, 3.8) is 0 Å². The number of aromatic nitrogens is 1. The van der Waals surface area contributed by atoms with E-state index in [2.05, 4.69) is 43.1 Å². The molecule has 1 atom stereocenters. The molecule has 1 amide bonds. The second-order valence-electron chi connectivity index (χ2n) is 6.89. The van der Waals surface area contributed by atoms with E-state index in [-0.39, 0.29) is 12.0 Å². The minimum absolute atomic E-state index is 0.0555. The molecule has 0 unspecified atom stereocenters. The number of amides is 1. The van der Waals surface area contributed by atoms with Crippen molar-refractivity contribution < 1.29 is 9.53 Å². The lowest BCUT2D eigenvalue weighted by Crippen LogP contribution is -2.45. The van der Waals surface area contributed by atoms with Gasteiger partial charge in [-0.25, -0.2) is 0 Å². The predicted octanol–water partition coefficient (Wildman–Crippen LogP) is 4.19. The maximum absolute atomic E-state index is 12.7. The lowest BCUT2D eigenvalue weighted by Gasteiger charge is -2.33. The van der Waals surface area contributed by atoms with Crippen LogP contribution in [-0.4, -0.2) is 40.2 Å². The summed E-state index contributed by atoms with van der Waals surface area (Å²) in [5, 5.41) is 0.563. The normalized spacial score (nSPS) is 17.3. The van der Waals surface area contributed by atoms with Crippen LogP contribution in [0.1, 0.15) is 32.3 Å². The summed E-state index contributed by atoms with van der Waals surface area (Å²) < 4.78 is 6.00. The van der Waals surface area contributed by atoms with Gasteiger partial charge in [-0.05, 0) is 42.7 Å². The Hall–Kier alpha value is -2.01. The van der Waals surface area contributed by atoms with E-state index >= 15 is 0 Å². The first-order valence-electron chi connectivity index (χ1n) is 9.20. The van der Waals surface area contributed by atoms with Gasteiger partial charge in [0.15, 0.2) is 0 Å². The Bertz CT molecular complexity index is 704. The maximum Gasteiger partial charge on any atom is 0.227 e. The molecule has 2 heterocycles. The maximum atomic E-state index is 12.7. The Balaban J connectivity index is 1.54. The largest absolute Gasteiger partial charge is 0.488 e. The van der Waals surface area contributed by atoms with Gasteiger partial charge in [-0.3, -0.25) is 9.78 Å². The minimum atomic E-state index is 0.0555. The first kappa shape index (κ1) is 18.8. The van der Waals surface area contributed by atoms with E-state index in [4.69, 9.17) is 4.74 Å². The highest BCUT2D eigenvalue weighted by Gasteiger charge is 2.24. The van der Waals surface area contributed by atoms with E-state index in [1.807, 2.05) is 28.8 Å². The number of carbonyl (C=O) groups excluding carboxylic acids is 1. The van der Waals surface area contributed by atoms with Gasteiger partial charge in [0.2, 0.25) is 5.91 Å². The van der Waals surface area contributed by atoms with Crippen molar-refractivity contribution in [2.75, 3.05) is 13.1 Å². The lowest BCUT2D eigenvalue weighted by atomic mass is 10.1. The Morgan fingerprint density at radius 2 is 1.96 bits per heavy atom. The second-order valence-corrected chi connectivity index (χ2v) is 8.54. The van der Waals surface area contributed by atoms with Crippen LogP contribution in [0.25, 0.3) is 0 Å². The molecule has 1 aliphatic heterocycles. The number of nitrogens with zero attached hydrogens (tertiary/aromatic N) is 2. The fourth-order valence-electron chi connectivity index (χ4n) is 3.11. The van der Waals surface area contributed by atoms with Crippen LogP contribution >= 0.6 is 11.8 Å². The summed E-state index contributed by atoms with van der Waals surface area (Å²) in [5.74, 6) is 0.995. The minimum Gasteiger partial charge on any atom is -0.488 e. The number of hydrogen-bond donors (Lipinski definition) is 0. The van der Waals surface area contributed by atoms with Crippen LogP contribution in [0, 0.1) is 0 Å². The van der Waals surface area contributed by atoms with Gasteiger partial charge in [0.25, 0.3) is 0 Å². The molecule has 1 aromatic heterocycles. The van der Waals surface area contributed by atoms with Crippen LogP contribution in [-0.2, 0) is 11.2 Å². The van der Waals surface area contributed by atoms with Gasteiger partial charge in [0, 0.05) is 29.1 Å². The molecule has 1 aromatic carbocycles. The summed E-state index contributed by atoms with van der Waals surface area (Å²) in [5.41, 5.74) is 1.07. The van der Waals surface area contributed by atoms with E-state index in [1.165, 1.54) is 4.90 Å². The summed E-state index contributed by atoms with van der Waals surface area (Å²) >= 11 is 1.84. The Morgan fingerprint density at radius 1 is 1.23 bits per heavy atom. The molecule has 1 fully saturated rings. The fraction of sp³-hybridized carbons (Fsp3) is 0.429. The van der Waals surface area contributed by atoms with Crippen LogP contribution in [0.2, 0.25) is 0 Å². The molecule has 0 saturated carbocycles. The third kappa shape index (κ3) is 5.49. The van der Waals surface area contributed by atoms with Crippen LogP contribution in [0.15, 0.2) is 53.7 Å². The predicted molar refractivity (Wildman–Crippen MR) is 106 cm³/mol. The van der Waals surface area contributed by atoms with Crippen LogP contribution in [0.3, 0.4) is 0 Å². The Kier molecular flexibility index (Phi) is 6.56. The third-order valence-corrected chi connectivity index (χ3v) is 5.35. The number of thioether (sulfide) groups is 1. The molecule has 26 heavy (non-hydrogen) atoms.